The van der Waals surface area contributed by atoms with Gasteiger partial charge in [-0.15, -0.1) is 0 Å². The first-order chi connectivity index (χ1) is 11.2. The average molecular weight is 320 g/mol. The number of nitrogens with one attached hydrogen (secondary N) is 2. The standard InChI is InChI=1S/C17H24N2O4/c1-12(14-3-2-8-21-14)19-17(20)18-7-6-13-4-5-15-16(11-13)23-10-9-22-15/h4-5,11-12,14H,2-3,6-10H2,1H3,(H2,18,19,20)/t12-,14+/m1/s1. The molecule has 3 rings (SSSR count). The van der Waals surface area contributed by atoms with Gasteiger partial charge in [0, 0.05) is 13.2 Å². The van der Waals surface area contributed by atoms with Gasteiger partial charge in [-0.3, -0.25) is 0 Å². The normalized spacial score (nSPS) is 20.8. The molecular formula is C17H24N2O4. The average Bonchev–Trinajstić information content (AvgIpc) is 3.09. The molecule has 126 valence electrons. The van der Waals surface area contributed by atoms with E-state index in [0.29, 0.717) is 19.8 Å². The van der Waals surface area contributed by atoms with Crippen molar-refractivity contribution in [2.24, 2.45) is 0 Å². The van der Waals surface area contributed by atoms with Crippen LogP contribution in [0.4, 0.5) is 4.79 Å². The summed E-state index contributed by atoms with van der Waals surface area (Å²) in [5.74, 6) is 1.57. The maximum atomic E-state index is 11.9. The lowest BCUT2D eigenvalue weighted by atomic mass is 10.1. The van der Waals surface area contributed by atoms with Gasteiger partial charge in [0.25, 0.3) is 0 Å². The number of urea groups is 1. The summed E-state index contributed by atoms with van der Waals surface area (Å²) in [6.07, 6.45) is 2.97. The Balaban J connectivity index is 1.41. The molecule has 1 aromatic rings. The lowest BCUT2D eigenvalue weighted by molar-refractivity contribution is 0.0860. The van der Waals surface area contributed by atoms with E-state index in [1.54, 1.807) is 0 Å². The van der Waals surface area contributed by atoms with Crippen molar-refractivity contribution in [2.45, 2.75) is 38.3 Å². The summed E-state index contributed by atoms with van der Waals surface area (Å²) >= 11 is 0. The first-order valence-corrected chi connectivity index (χ1v) is 8.27. The van der Waals surface area contributed by atoms with Crippen molar-refractivity contribution in [3.8, 4) is 11.5 Å². The Morgan fingerprint density at radius 1 is 1.26 bits per heavy atom. The molecule has 2 amide bonds. The van der Waals surface area contributed by atoms with Crippen molar-refractivity contribution in [1.82, 2.24) is 10.6 Å². The highest BCUT2D eigenvalue weighted by molar-refractivity contribution is 5.74. The molecular weight excluding hydrogens is 296 g/mol. The number of carbonyl (C=O) groups excluding carboxylic acids is 1. The number of amides is 2. The predicted octanol–water partition coefficient (Wildman–Crippen LogP) is 1.87. The summed E-state index contributed by atoms with van der Waals surface area (Å²) < 4.78 is 16.6. The van der Waals surface area contributed by atoms with E-state index >= 15 is 0 Å². The van der Waals surface area contributed by atoms with Crippen molar-refractivity contribution in [3.63, 3.8) is 0 Å². The number of fused-ring (bicyclic) bond motifs is 1. The van der Waals surface area contributed by atoms with Crippen molar-refractivity contribution >= 4 is 6.03 Å². The van der Waals surface area contributed by atoms with E-state index in [1.165, 1.54) is 0 Å². The Hall–Kier alpha value is -1.95. The van der Waals surface area contributed by atoms with Gasteiger partial charge in [0.05, 0.1) is 12.1 Å². The number of ether oxygens (including phenoxy) is 3. The fraction of sp³-hybridized carbons (Fsp3) is 0.588. The quantitative estimate of drug-likeness (QED) is 0.869. The van der Waals surface area contributed by atoms with E-state index in [1.807, 2.05) is 25.1 Å². The number of hydrogen-bond acceptors (Lipinski definition) is 4. The highest BCUT2D eigenvalue weighted by atomic mass is 16.6. The van der Waals surface area contributed by atoms with E-state index in [-0.39, 0.29) is 18.2 Å². The van der Waals surface area contributed by atoms with E-state index < -0.39 is 0 Å². The van der Waals surface area contributed by atoms with Gasteiger partial charge in [0.2, 0.25) is 0 Å². The number of benzene rings is 1. The molecule has 0 unspecified atom stereocenters. The van der Waals surface area contributed by atoms with Crippen LogP contribution in [-0.4, -0.2) is 44.5 Å². The molecule has 6 heteroatoms. The number of rotatable bonds is 5. The number of carbonyl (C=O) groups is 1. The van der Waals surface area contributed by atoms with Crippen LogP contribution in [0.5, 0.6) is 11.5 Å². The molecule has 0 spiro atoms. The molecule has 2 N–H and O–H groups in total. The van der Waals surface area contributed by atoms with Gasteiger partial charge < -0.3 is 24.8 Å². The second-order valence-electron chi connectivity index (χ2n) is 5.97. The Bertz CT molecular complexity index is 543. The first-order valence-electron chi connectivity index (χ1n) is 8.27. The molecule has 2 aliphatic heterocycles. The lowest BCUT2D eigenvalue weighted by Gasteiger charge is -2.20. The van der Waals surface area contributed by atoms with Crippen molar-refractivity contribution in [3.05, 3.63) is 23.8 Å². The zero-order valence-corrected chi connectivity index (χ0v) is 13.5. The molecule has 0 saturated carbocycles. The molecule has 0 radical (unpaired) electrons. The fourth-order valence-corrected chi connectivity index (χ4v) is 2.91. The van der Waals surface area contributed by atoms with E-state index in [2.05, 4.69) is 10.6 Å². The van der Waals surface area contributed by atoms with Crippen LogP contribution in [0.2, 0.25) is 0 Å². The fourth-order valence-electron chi connectivity index (χ4n) is 2.91. The molecule has 2 atom stereocenters. The molecule has 2 heterocycles. The maximum absolute atomic E-state index is 11.9. The van der Waals surface area contributed by atoms with Gasteiger partial charge in [-0.05, 0) is 43.9 Å². The van der Waals surface area contributed by atoms with Crippen molar-refractivity contribution < 1.29 is 19.0 Å². The Morgan fingerprint density at radius 2 is 2.09 bits per heavy atom. The summed E-state index contributed by atoms with van der Waals surface area (Å²) in [4.78, 5) is 11.9. The van der Waals surface area contributed by atoms with Crippen LogP contribution in [-0.2, 0) is 11.2 Å². The molecule has 1 aromatic carbocycles. The summed E-state index contributed by atoms with van der Waals surface area (Å²) in [5.41, 5.74) is 1.11. The third-order valence-electron chi connectivity index (χ3n) is 4.19. The molecule has 0 bridgehead atoms. The first kappa shape index (κ1) is 15.9. The molecule has 0 aromatic heterocycles. The topological polar surface area (TPSA) is 68.8 Å². The second-order valence-corrected chi connectivity index (χ2v) is 5.97. The molecule has 0 aliphatic carbocycles. The van der Waals surface area contributed by atoms with Gasteiger partial charge in [0.15, 0.2) is 11.5 Å². The van der Waals surface area contributed by atoms with E-state index in [9.17, 15) is 4.79 Å². The van der Waals surface area contributed by atoms with Crippen LogP contribution in [0.1, 0.15) is 25.3 Å². The molecule has 1 fully saturated rings. The van der Waals surface area contributed by atoms with Crippen LogP contribution in [0.3, 0.4) is 0 Å². The Morgan fingerprint density at radius 3 is 2.87 bits per heavy atom. The third-order valence-corrected chi connectivity index (χ3v) is 4.19. The lowest BCUT2D eigenvalue weighted by Crippen LogP contribution is -2.46. The van der Waals surface area contributed by atoms with E-state index in [4.69, 9.17) is 14.2 Å². The highest BCUT2D eigenvalue weighted by Crippen LogP contribution is 2.30. The molecule has 6 nitrogen and oxygen atoms in total. The van der Waals surface area contributed by atoms with E-state index in [0.717, 1.165) is 42.9 Å². The van der Waals surface area contributed by atoms with Gasteiger partial charge in [-0.25, -0.2) is 4.79 Å². The van der Waals surface area contributed by atoms with Crippen LogP contribution < -0.4 is 20.1 Å². The monoisotopic (exact) mass is 320 g/mol. The third kappa shape index (κ3) is 4.28. The highest BCUT2D eigenvalue weighted by Gasteiger charge is 2.23. The minimum absolute atomic E-state index is 0.0341. The largest absolute Gasteiger partial charge is 0.486 e. The maximum Gasteiger partial charge on any atom is 0.315 e. The van der Waals surface area contributed by atoms with Crippen molar-refractivity contribution in [2.75, 3.05) is 26.4 Å². The Kier molecular flexibility index (Phi) is 5.23. The van der Waals surface area contributed by atoms with Crippen molar-refractivity contribution in [1.29, 1.82) is 0 Å². The second kappa shape index (κ2) is 7.55. The summed E-state index contributed by atoms with van der Waals surface area (Å²) in [6.45, 7) is 4.53. The van der Waals surface area contributed by atoms with Gasteiger partial charge in [0.1, 0.15) is 13.2 Å². The molecule has 1 saturated heterocycles. The minimum Gasteiger partial charge on any atom is -0.486 e. The summed E-state index contributed by atoms with van der Waals surface area (Å²) in [5, 5.41) is 5.83. The molecule has 2 aliphatic rings. The van der Waals surface area contributed by atoms with Crippen LogP contribution in [0.15, 0.2) is 18.2 Å². The Labute approximate surface area is 136 Å². The van der Waals surface area contributed by atoms with Crippen LogP contribution >= 0.6 is 0 Å². The number of hydrogen-bond donors (Lipinski definition) is 2. The van der Waals surface area contributed by atoms with Crippen LogP contribution in [0.25, 0.3) is 0 Å². The zero-order valence-electron chi connectivity index (χ0n) is 13.5. The molecule has 23 heavy (non-hydrogen) atoms. The summed E-state index contributed by atoms with van der Waals surface area (Å²) in [6, 6.07) is 5.78. The zero-order chi connectivity index (χ0) is 16.1. The minimum atomic E-state index is -0.148. The van der Waals surface area contributed by atoms with Gasteiger partial charge >= 0.3 is 6.03 Å². The predicted molar refractivity (Wildman–Crippen MR) is 86.1 cm³/mol. The van der Waals surface area contributed by atoms with Crippen LogP contribution in [0, 0.1) is 0 Å². The van der Waals surface area contributed by atoms with Gasteiger partial charge in [-0.2, -0.15) is 0 Å². The van der Waals surface area contributed by atoms with Gasteiger partial charge in [-0.1, -0.05) is 6.07 Å². The SMILES string of the molecule is C[C@@H](NC(=O)NCCc1ccc2c(c1)OCCO2)[C@@H]1CCCO1. The summed E-state index contributed by atoms with van der Waals surface area (Å²) in [7, 11) is 0. The smallest absolute Gasteiger partial charge is 0.315 e.